The molecular weight excluding hydrogens is 356 g/mol. The third kappa shape index (κ3) is 3.67. The van der Waals surface area contributed by atoms with Crippen molar-refractivity contribution in [2.75, 3.05) is 19.6 Å². The maximum absolute atomic E-state index is 12.9. The Bertz CT molecular complexity index is 821. The lowest BCUT2D eigenvalue weighted by Gasteiger charge is -2.38. The fourth-order valence-corrected chi connectivity index (χ4v) is 5.52. The average Bonchev–Trinajstić information content (AvgIpc) is 3.09. The Hall–Kier alpha value is -1.22. The molecule has 2 aromatic heterocycles. The molecule has 3 heterocycles. The first kappa shape index (κ1) is 18.6. The Morgan fingerprint density at radius 1 is 1.32 bits per heavy atom. The van der Waals surface area contributed by atoms with Gasteiger partial charge in [-0.05, 0) is 56.5 Å². The number of rotatable bonds is 7. The third-order valence-corrected chi connectivity index (χ3v) is 7.12. The van der Waals surface area contributed by atoms with Gasteiger partial charge in [-0.15, -0.1) is 0 Å². The maximum atomic E-state index is 12.9. The van der Waals surface area contributed by atoms with Gasteiger partial charge in [0.2, 0.25) is 10.0 Å². The summed E-state index contributed by atoms with van der Waals surface area (Å²) in [7, 11) is -3.59. The molecule has 0 radical (unpaired) electrons. The number of hydrogen-bond donors (Lipinski definition) is 1. The zero-order valence-corrected chi connectivity index (χ0v) is 16.8. The molecule has 0 bridgehead atoms. The molecule has 1 aliphatic heterocycles. The molecule has 1 aliphatic rings. The van der Waals surface area contributed by atoms with E-state index >= 15 is 0 Å². The molecule has 0 amide bonds. The van der Waals surface area contributed by atoms with Gasteiger partial charge < -0.3 is 0 Å². The smallest absolute Gasteiger partial charge is 0.244 e. The summed E-state index contributed by atoms with van der Waals surface area (Å²) in [5.74, 6) is 0. The number of likely N-dealkylation sites (tertiary alicyclic amines) is 1. The van der Waals surface area contributed by atoms with Gasteiger partial charge in [0.25, 0.3) is 0 Å². The van der Waals surface area contributed by atoms with Gasteiger partial charge in [0.1, 0.15) is 4.90 Å². The summed E-state index contributed by atoms with van der Waals surface area (Å²) >= 11 is 1.64. The van der Waals surface area contributed by atoms with Gasteiger partial charge in [-0.2, -0.15) is 16.4 Å². The van der Waals surface area contributed by atoms with E-state index in [1.54, 1.807) is 22.9 Å². The van der Waals surface area contributed by atoms with Crippen LogP contribution in [-0.4, -0.2) is 42.7 Å². The minimum Gasteiger partial charge on any atom is -0.295 e. The van der Waals surface area contributed by atoms with E-state index in [-0.39, 0.29) is 12.1 Å². The second kappa shape index (κ2) is 7.19. The van der Waals surface area contributed by atoms with Crippen molar-refractivity contribution in [3.8, 4) is 0 Å². The van der Waals surface area contributed by atoms with Gasteiger partial charge in [-0.25, -0.2) is 13.1 Å². The van der Waals surface area contributed by atoms with Gasteiger partial charge >= 0.3 is 0 Å². The Morgan fingerprint density at radius 2 is 2.04 bits per heavy atom. The standard InChI is InChI=1S/C17H26N4O2S2/c1-12(2)21-14(4)17(13(3)19-21)25(22,23)18-10-16(20-7-5-8-20)15-6-9-24-11-15/h6,9,11-12,16,18H,5,7-8,10H2,1-4H3/t16-/m0/s1. The highest BCUT2D eigenvalue weighted by Gasteiger charge is 2.30. The topological polar surface area (TPSA) is 67.2 Å². The molecule has 0 unspecified atom stereocenters. The zero-order valence-electron chi connectivity index (χ0n) is 15.2. The molecule has 2 aromatic rings. The van der Waals surface area contributed by atoms with Crippen molar-refractivity contribution in [1.82, 2.24) is 19.4 Å². The van der Waals surface area contributed by atoms with Crippen LogP contribution in [0.2, 0.25) is 0 Å². The number of nitrogens with one attached hydrogen (secondary N) is 1. The predicted molar refractivity (Wildman–Crippen MR) is 101 cm³/mol. The van der Waals surface area contributed by atoms with Crippen LogP contribution in [-0.2, 0) is 10.0 Å². The van der Waals surface area contributed by atoms with Crippen LogP contribution in [0, 0.1) is 13.8 Å². The van der Waals surface area contributed by atoms with E-state index < -0.39 is 10.0 Å². The van der Waals surface area contributed by atoms with Crippen molar-refractivity contribution < 1.29 is 8.42 Å². The molecule has 1 N–H and O–H groups in total. The lowest BCUT2D eigenvalue weighted by Crippen LogP contribution is -2.45. The van der Waals surface area contributed by atoms with E-state index in [1.165, 1.54) is 12.0 Å². The number of hydrogen-bond acceptors (Lipinski definition) is 5. The van der Waals surface area contributed by atoms with Gasteiger partial charge in [0.15, 0.2) is 0 Å². The van der Waals surface area contributed by atoms with Crippen molar-refractivity contribution in [3.63, 3.8) is 0 Å². The number of aromatic nitrogens is 2. The molecule has 3 rings (SSSR count). The third-order valence-electron chi connectivity index (χ3n) is 4.74. The van der Waals surface area contributed by atoms with Crippen molar-refractivity contribution in [2.45, 2.75) is 51.1 Å². The molecule has 6 nitrogen and oxygen atoms in total. The molecule has 0 aromatic carbocycles. The van der Waals surface area contributed by atoms with E-state index in [2.05, 4.69) is 26.2 Å². The minimum absolute atomic E-state index is 0.0931. The molecule has 0 spiro atoms. The summed E-state index contributed by atoms with van der Waals surface area (Å²) in [5.41, 5.74) is 2.42. The summed E-state index contributed by atoms with van der Waals surface area (Å²) in [6, 6.07) is 2.30. The monoisotopic (exact) mass is 382 g/mol. The molecule has 0 aliphatic carbocycles. The Balaban J connectivity index is 1.82. The average molecular weight is 383 g/mol. The predicted octanol–water partition coefficient (Wildman–Crippen LogP) is 2.87. The molecule has 8 heteroatoms. The lowest BCUT2D eigenvalue weighted by molar-refractivity contribution is 0.120. The fourth-order valence-electron chi connectivity index (χ4n) is 3.38. The van der Waals surface area contributed by atoms with Crippen LogP contribution in [0.3, 0.4) is 0 Å². The number of thiophene rings is 1. The summed E-state index contributed by atoms with van der Waals surface area (Å²) in [6.07, 6.45) is 1.17. The van der Waals surface area contributed by atoms with Crippen LogP contribution in [0.1, 0.15) is 49.3 Å². The molecule has 1 fully saturated rings. The van der Waals surface area contributed by atoms with Crippen LogP contribution < -0.4 is 4.72 Å². The molecule has 1 saturated heterocycles. The van der Waals surface area contributed by atoms with E-state index in [1.807, 2.05) is 26.2 Å². The first-order chi connectivity index (χ1) is 11.8. The SMILES string of the molecule is Cc1nn(C(C)C)c(C)c1S(=O)(=O)NC[C@@H](c1ccsc1)N1CCC1. The van der Waals surface area contributed by atoms with Crippen molar-refractivity contribution >= 4 is 21.4 Å². The molecular formula is C17H26N4O2S2. The van der Waals surface area contributed by atoms with E-state index in [4.69, 9.17) is 0 Å². The second-order valence-electron chi connectivity index (χ2n) is 6.85. The van der Waals surface area contributed by atoms with Crippen LogP contribution in [0.15, 0.2) is 21.7 Å². The highest BCUT2D eigenvalue weighted by Crippen LogP contribution is 2.28. The molecule has 138 valence electrons. The van der Waals surface area contributed by atoms with Crippen molar-refractivity contribution in [1.29, 1.82) is 0 Å². The number of sulfonamides is 1. The van der Waals surface area contributed by atoms with Gasteiger partial charge in [0, 0.05) is 31.7 Å². The van der Waals surface area contributed by atoms with Crippen LogP contribution in [0.5, 0.6) is 0 Å². The summed E-state index contributed by atoms with van der Waals surface area (Å²) in [5, 5.41) is 8.55. The van der Waals surface area contributed by atoms with Crippen LogP contribution >= 0.6 is 11.3 Å². The molecule has 25 heavy (non-hydrogen) atoms. The van der Waals surface area contributed by atoms with Gasteiger partial charge in [-0.3, -0.25) is 9.58 Å². The largest absolute Gasteiger partial charge is 0.295 e. The quantitative estimate of drug-likeness (QED) is 0.800. The molecule has 1 atom stereocenters. The van der Waals surface area contributed by atoms with Crippen LogP contribution in [0.25, 0.3) is 0 Å². The number of nitrogens with zero attached hydrogens (tertiary/aromatic N) is 3. The fraction of sp³-hybridized carbons (Fsp3) is 0.588. The first-order valence-corrected chi connectivity index (χ1v) is 11.1. The first-order valence-electron chi connectivity index (χ1n) is 8.62. The van der Waals surface area contributed by atoms with Crippen LogP contribution in [0.4, 0.5) is 0 Å². The van der Waals surface area contributed by atoms with Gasteiger partial charge in [0.05, 0.1) is 11.4 Å². The lowest BCUT2D eigenvalue weighted by atomic mass is 10.1. The maximum Gasteiger partial charge on any atom is 0.244 e. The normalized spacial score (nSPS) is 17.0. The summed E-state index contributed by atoms with van der Waals surface area (Å²) < 4.78 is 30.5. The Morgan fingerprint density at radius 3 is 2.52 bits per heavy atom. The Kier molecular flexibility index (Phi) is 5.34. The highest BCUT2D eigenvalue weighted by molar-refractivity contribution is 7.89. The second-order valence-corrected chi connectivity index (χ2v) is 9.34. The van der Waals surface area contributed by atoms with E-state index in [0.717, 1.165) is 13.1 Å². The van der Waals surface area contributed by atoms with E-state index in [0.29, 0.717) is 22.8 Å². The van der Waals surface area contributed by atoms with Crippen molar-refractivity contribution in [2.24, 2.45) is 0 Å². The van der Waals surface area contributed by atoms with Gasteiger partial charge in [-0.1, -0.05) is 0 Å². The number of aryl methyl sites for hydroxylation is 1. The Labute approximate surface area is 153 Å². The molecule has 0 saturated carbocycles. The van der Waals surface area contributed by atoms with E-state index in [9.17, 15) is 8.42 Å². The van der Waals surface area contributed by atoms with Crippen molar-refractivity contribution in [3.05, 3.63) is 33.8 Å². The zero-order chi connectivity index (χ0) is 18.2. The summed E-state index contributed by atoms with van der Waals surface area (Å²) in [4.78, 5) is 2.64. The summed E-state index contributed by atoms with van der Waals surface area (Å²) in [6.45, 7) is 9.99. The minimum atomic E-state index is -3.59. The highest BCUT2D eigenvalue weighted by atomic mass is 32.2.